The molecule has 5 aromatic rings. The van der Waals surface area contributed by atoms with Gasteiger partial charge in [-0.15, -0.1) is 0 Å². The molecule has 0 saturated carbocycles. The van der Waals surface area contributed by atoms with Crippen LogP contribution >= 0.6 is 0 Å². The van der Waals surface area contributed by atoms with Gasteiger partial charge >= 0.3 is 0 Å². The number of benzene rings is 2. The molecule has 0 bridgehead atoms. The second-order valence-corrected chi connectivity index (χ2v) is 11.0. The van der Waals surface area contributed by atoms with E-state index < -0.39 is 0 Å². The zero-order valence-corrected chi connectivity index (χ0v) is 21.7. The lowest BCUT2D eigenvalue weighted by Gasteiger charge is -2.45. The maximum atomic E-state index is 13.6. The molecular weight excluding hydrogens is 476 g/mol. The predicted octanol–water partition coefficient (Wildman–Crippen LogP) is 4.69. The highest BCUT2D eigenvalue weighted by Gasteiger charge is 2.34. The molecule has 0 aliphatic carbocycles. The Labute approximate surface area is 220 Å². The number of likely N-dealkylation sites (N-methyl/N-ethyl adjacent to an activating group) is 1. The van der Waals surface area contributed by atoms with Crippen molar-refractivity contribution in [2.45, 2.75) is 38.1 Å². The Balaban J connectivity index is 1.15. The normalized spacial score (nSPS) is 20.3. The van der Waals surface area contributed by atoms with Crippen molar-refractivity contribution in [2.75, 3.05) is 33.3 Å². The van der Waals surface area contributed by atoms with Crippen molar-refractivity contribution in [1.29, 1.82) is 0 Å². The van der Waals surface area contributed by atoms with E-state index in [4.69, 9.17) is 4.74 Å². The van der Waals surface area contributed by atoms with E-state index in [2.05, 4.69) is 9.88 Å². The molecule has 2 aliphatic heterocycles. The van der Waals surface area contributed by atoms with Crippen molar-refractivity contribution in [3.63, 3.8) is 0 Å². The van der Waals surface area contributed by atoms with Gasteiger partial charge in [-0.1, -0.05) is 24.6 Å². The minimum Gasteiger partial charge on any atom is -0.484 e. The number of pyridine rings is 2. The molecule has 0 unspecified atom stereocenters. The summed E-state index contributed by atoms with van der Waals surface area (Å²) in [6.07, 6.45) is 8.04. The van der Waals surface area contributed by atoms with Crippen LogP contribution in [0.5, 0.6) is 5.75 Å². The Kier molecular flexibility index (Phi) is 5.69. The van der Waals surface area contributed by atoms with Crippen LogP contribution < -0.4 is 10.3 Å². The molecular formula is C31H32N4O3. The van der Waals surface area contributed by atoms with Gasteiger partial charge in [0, 0.05) is 53.4 Å². The number of carbonyl (C=O) groups is 1. The first-order valence-corrected chi connectivity index (χ1v) is 13.8. The number of aromatic nitrogens is 2. The molecule has 194 valence electrons. The van der Waals surface area contributed by atoms with E-state index in [0.717, 1.165) is 39.3 Å². The predicted molar refractivity (Wildman–Crippen MR) is 150 cm³/mol. The summed E-state index contributed by atoms with van der Waals surface area (Å²) < 4.78 is 7.74. The van der Waals surface area contributed by atoms with Gasteiger partial charge in [0.2, 0.25) is 0 Å². The van der Waals surface area contributed by atoms with Gasteiger partial charge in [-0.2, -0.15) is 0 Å². The van der Waals surface area contributed by atoms with Crippen LogP contribution in [0.15, 0.2) is 59.5 Å². The fourth-order valence-electron chi connectivity index (χ4n) is 6.94. The van der Waals surface area contributed by atoms with Gasteiger partial charge < -0.3 is 14.5 Å². The van der Waals surface area contributed by atoms with Gasteiger partial charge in [-0.3, -0.25) is 19.0 Å². The summed E-state index contributed by atoms with van der Waals surface area (Å²) in [5.74, 6) is 1.10. The largest absolute Gasteiger partial charge is 0.484 e. The summed E-state index contributed by atoms with van der Waals surface area (Å²) in [5, 5.41) is 3.45. The van der Waals surface area contributed by atoms with Crippen LogP contribution in [0.1, 0.15) is 32.1 Å². The number of hydrogen-bond acceptors (Lipinski definition) is 5. The average Bonchev–Trinajstić information content (AvgIpc) is 3.29. The standard InChI is InChI=1S/C31H32N4O3/c1-33(18-20-7-6-16-34-15-5-4-10-26(20)34)28(36)19-38-21-11-12-22-24-13-14-32-29-23-8-2-3-9-25(23)31(37)35(30(24)29)27(22)17-21/h2-3,8-9,11-14,17,20,26H,4-7,10,15-16,18-19H2,1H3/t20-,26+/m0/s1. The van der Waals surface area contributed by atoms with Gasteiger partial charge in [0.15, 0.2) is 6.61 Å². The van der Waals surface area contributed by atoms with Crippen molar-refractivity contribution in [2.24, 2.45) is 5.92 Å². The molecule has 2 saturated heterocycles. The van der Waals surface area contributed by atoms with E-state index in [-0.39, 0.29) is 18.1 Å². The van der Waals surface area contributed by atoms with Crippen LogP contribution in [0, 0.1) is 5.92 Å². The summed E-state index contributed by atoms with van der Waals surface area (Å²) >= 11 is 0. The van der Waals surface area contributed by atoms with Crippen LogP contribution in [0.3, 0.4) is 0 Å². The molecule has 7 rings (SSSR count). The topological polar surface area (TPSA) is 67.2 Å². The summed E-state index contributed by atoms with van der Waals surface area (Å²) in [7, 11) is 1.89. The third-order valence-corrected chi connectivity index (χ3v) is 8.79. The van der Waals surface area contributed by atoms with Crippen molar-refractivity contribution >= 4 is 44.0 Å². The zero-order valence-electron chi connectivity index (χ0n) is 21.7. The lowest BCUT2D eigenvalue weighted by molar-refractivity contribution is -0.133. The van der Waals surface area contributed by atoms with Gasteiger partial charge in [0.05, 0.1) is 16.6 Å². The van der Waals surface area contributed by atoms with Gasteiger partial charge in [-0.05, 0) is 69.0 Å². The first kappa shape index (κ1) is 23.4. The number of amides is 1. The zero-order chi connectivity index (χ0) is 25.8. The molecule has 2 aliphatic rings. The van der Waals surface area contributed by atoms with E-state index in [9.17, 15) is 9.59 Å². The van der Waals surface area contributed by atoms with E-state index >= 15 is 0 Å². The van der Waals surface area contributed by atoms with Crippen LogP contribution in [-0.2, 0) is 4.79 Å². The third kappa shape index (κ3) is 3.71. The van der Waals surface area contributed by atoms with E-state index in [1.165, 1.54) is 45.2 Å². The van der Waals surface area contributed by atoms with Crippen molar-refractivity contribution in [1.82, 2.24) is 19.2 Å². The number of fused-ring (bicyclic) bond motifs is 6. The highest BCUT2D eigenvalue weighted by Crippen LogP contribution is 2.35. The SMILES string of the molecule is CN(C[C@@H]1CCCN2CCCC[C@H]12)C(=O)COc1ccc2c3ccnc4c5ccccc5c(=O)n(c2c1)c34. The monoisotopic (exact) mass is 508 g/mol. The molecule has 1 amide bonds. The number of nitrogens with zero attached hydrogens (tertiary/aromatic N) is 4. The molecule has 0 radical (unpaired) electrons. The molecule has 3 aromatic heterocycles. The van der Waals surface area contributed by atoms with Crippen LogP contribution in [0.2, 0.25) is 0 Å². The molecule has 7 nitrogen and oxygen atoms in total. The lowest BCUT2D eigenvalue weighted by atomic mass is 9.83. The van der Waals surface area contributed by atoms with Gasteiger partial charge in [0.25, 0.3) is 11.5 Å². The van der Waals surface area contributed by atoms with Crippen LogP contribution in [0.25, 0.3) is 38.1 Å². The van der Waals surface area contributed by atoms with E-state index in [0.29, 0.717) is 23.1 Å². The molecule has 38 heavy (non-hydrogen) atoms. The molecule has 0 spiro atoms. The number of piperidine rings is 2. The van der Waals surface area contributed by atoms with Crippen molar-refractivity contribution in [3.05, 3.63) is 65.1 Å². The van der Waals surface area contributed by atoms with Crippen LogP contribution in [0.4, 0.5) is 0 Å². The maximum absolute atomic E-state index is 13.6. The highest BCUT2D eigenvalue weighted by molar-refractivity contribution is 6.18. The first-order chi connectivity index (χ1) is 18.6. The Morgan fingerprint density at radius 2 is 1.84 bits per heavy atom. The Hall–Kier alpha value is -3.71. The molecule has 7 heteroatoms. The maximum Gasteiger partial charge on any atom is 0.263 e. The summed E-state index contributed by atoms with van der Waals surface area (Å²) in [4.78, 5) is 35.7. The number of ether oxygens (including phenoxy) is 1. The highest BCUT2D eigenvalue weighted by atomic mass is 16.5. The molecule has 5 heterocycles. The molecule has 2 aromatic carbocycles. The Morgan fingerprint density at radius 3 is 2.74 bits per heavy atom. The van der Waals surface area contributed by atoms with E-state index in [1.54, 1.807) is 10.6 Å². The van der Waals surface area contributed by atoms with E-state index in [1.807, 2.05) is 60.5 Å². The fourth-order valence-corrected chi connectivity index (χ4v) is 6.94. The Bertz CT molecular complexity index is 1730. The number of hydrogen-bond donors (Lipinski definition) is 0. The lowest BCUT2D eigenvalue weighted by Crippen LogP contribution is -2.51. The van der Waals surface area contributed by atoms with Gasteiger partial charge in [0.1, 0.15) is 5.75 Å². The Morgan fingerprint density at radius 1 is 1.00 bits per heavy atom. The van der Waals surface area contributed by atoms with Crippen molar-refractivity contribution in [3.8, 4) is 5.75 Å². The number of carbonyl (C=O) groups excluding carboxylic acids is 1. The third-order valence-electron chi connectivity index (χ3n) is 8.79. The van der Waals surface area contributed by atoms with Crippen molar-refractivity contribution < 1.29 is 9.53 Å². The quantitative estimate of drug-likeness (QED) is 0.322. The van der Waals surface area contributed by atoms with Crippen LogP contribution in [-0.4, -0.2) is 64.4 Å². The smallest absolute Gasteiger partial charge is 0.263 e. The number of rotatable bonds is 5. The minimum atomic E-state index is -0.0710. The minimum absolute atomic E-state index is 0.0174. The molecule has 2 fully saturated rings. The second-order valence-electron chi connectivity index (χ2n) is 11.0. The molecule has 0 N–H and O–H groups in total. The average molecular weight is 509 g/mol. The summed E-state index contributed by atoms with van der Waals surface area (Å²) in [6, 6.07) is 15.9. The summed E-state index contributed by atoms with van der Waals surface area (Å²) in [6.45, 7) is 3.16. The summed E-state index contributed by atoms with van der Waals surface area (Å²) in [5.41, 5.74) is 2.33. The second kappa shape index (κ2) is 9.24. The van der Waals surface area contributed by atoms with Gasteiger partial charge in [-0.25, -0.2) is 0 Å². The fraction of sp³-hybridized carbons (Fsp3) is 0.387. The molecule has 2 atom stereocenters. The first-order valence-electron chi connectivity index (χ1n) is 13.8.